The number of aromatic nitrogens is 2. The molecule has 1 fully saturated rings. The highest BCUT2D eigenvalue weighted by molar-refractivity contribution is 5.96. The summed E-state index contributed by atoms with van der Waals surface area (Å²) >= 11 is 0. The molecule has 162 valence electrons. The molecule has 0 unspecified atom stereocenters. The predicted octanol–water partition coefficient (Wildman–Crippen LogP) is 5.86. The summed E-state index contributed by atoms with van der Waals surface area (Å²) in [6.45, 7) is 0. The third-order valence-electron chi connectivity index (χ3n) is 6.76. The number of nitrogens with zero attached hydrogens (tertiary/aromatic N) is 1. The van der Waals surface area contributed by atoms with Crippen molar-refractivity contribution in [1.29, 1.82) is 0 Å². The van der Waals surface area contributed by atoms with Gasteiger partial charge >= 0.3 is 0 Å². The third-order valence-corrected chi connectivity index (χ3v) is 6.76. The first-order chi connectivity index (χ1) is 16.1. The van der Waals surface area contributed by atoms with Crippen LogP contribution in [0.5, 0.6) is 0 Å². The molecular formula is C28H23N3O2. The van der Waals surface area contributed by atoms with Crippen molar-refractivity contribution in [3.8, 4) is 33.6 Å². The number of nitrogens with two attached hydrogens (primary N) is 1. The van der Waals surface area contributed by atoms with Crippen molar-refractivity contribution in [2.24, 2.45) is 5.73 Å². The summed E-state index contributed by atoms with van der Waals surface area (Å²) in [5, 5.41) is 7.44. The van der Waals surface area contributed by atoms with E-state index in [1.54, 1.807) is 12.4 Å². The van der Waals surface area contributed by atoms with E-state index in [4.69, 9.17) is 10.2 Å². The maximum absolute atomic E-state index is 13.9. The lowest BCUT2D eigenvalue weighted by atomic mass is 9.72. The number of nitrogens with one attached hydrogen (secondary N) is 1. The lowest BCUT2D eigenvalue weighted by Crippen LogP contribution is -2.43. The molecule has 0 aliphatic heterocycles. The molecule has 1 aliphatic rings. The summed E-state index contributed by atoms with van der Waals surface area (Å²) in [6, 6.07) is 23.5. The molecule has 5 aromatic rings. The van der Waals surface area contributed by atoms with Gasteiger partial charge in [0, 0.05) is 28.4 Å². The number of rotatable bonds is 4. The minimum Gasteiger partial charge on any atom is -0.454 e. The van der Waals surface area contributed by atoms with Crippen LogP contribution in [0.2, 0.25) is 0 Å². The number of para-hydroxylation sites is 1. The van der Waals surface area contributed by atoms with Gasteiger partial charge in [-0.1, -0.05) is 66.7 Å². The topological polar surface area (TPSA) is 84.9 Å². The van der Waals surface area contributed by atoms with Crippen molar-refractivity contribution in [2.45, 2.75) is 24.8 Å². The van der Waals surface area contributed by atoms with E-state index < -0.39 is 0 Å². The van der Waals surface area contributed by atoms with Crippen LogP contribution >= 0.6 is 0 Å². The summed E-state index contributed by atoms with van der Waals surface area (Å²) < 4.78 is 6.53. The third kappa shape index (κ3) is 3.20. The molecule has 5 heteroatoms. The van der Waals surface area contributed by atoms with E-state index in [1.807, 2.05) is 60.7 Å². The number of hydrogen-bond donors (Lipinski definition) is 2. The van der Waals surface area contributed by atoms with Crippen LogP contribution in [0.15, 0.2) is 94.4 Å². The lowest BCUT2D eigenvalue weighted by molar-refractivity contribution is 0.253. The number of H-pyrrole nitrogens is 1. The van der Waals surface area contributed by atoms with Gasteiger partial charge in [0.1, 0.15) is 11.3 Å². The zero-order valence-corrected chi connectivity index (χ0v) is 18.0. The van der Waals surface area contributed by atoms with E-state index in [2.05, 4.69) is 22.3 Å². The Labute approximate surface area is 190 Å². The standard InChI is InChI=1S/C28H23N3O2/c29-28(14-5-15-28)21-12-10-18(11-13-21)24-25(32)23-9-4-8-22(20-16-30-31-17-20)27(23)33-26(24)19-6-2-1-3-7-19/h1-4,6-13,16-17H,5,14-15,29H2,(H,30,31). The minimum absolute atomic E-state index is 0.0562. The Hall–Kier alpha value is -3.96. The Bertz CT molecular complexity index is 1500. The summed E-state index contributed by atoms with van der Waals surface area (Å²) in [5.74, 6) is 0.558. The van der Waals surface area contributed by atoms with Gasteiger partial charge in [-0.2, -0.15) is 5.10 Å². The zero-order chi connectivity index (χ0) is 22.4. The SMILES string of the molecule is NC1(c2ccc(-c3c(-c4ccccc4)oc4c(-c5cn[nH]c5)cccc4c3=O)cc2)CCC1. The second-order valence-electron chi connectivity index (χ2n) is 8.76. The molecule has 0 saturated heterocycles. The van der Waals surface area contributed by atoms with Crippen LogP contribution in [0.4, 0.5) is 0 Å². The molecule has 0 atom stereocenters. The number of fused-ring (bicyclic) bond motifs is 1. The highest BCUT2D eigenvalue weighted by Gasteiger charge is 2.34. The van der Waals surface area contributed by atoms with Gasteiger partial charge in [0.2, 0.25) is 5.43 Å². The first kappa shape index (κ1) is 19.7. The van der Waals surface area contributed by atoms with Crippen molar-refractivity contribution in [1.82, 2.24) is 10.2 Å². The van der Waals surface area contributed by atoms with Crippen LogP contribution in [-0.4, -0.2) is 10.2 Å². The number of benzene rings is 3. The van der Waals surface area contributed by atoms with Gasteiger partial charge < -0.3 is 10.2 Å². The Morgan fingerprint density at radius 3 is 2.33 bits per heavy atom. The van der Waals surface area contributed by atoms with Crippen molar-refractivity contribution in [3.63, 3.8) is 0 Å². The van der Waals surface area contributed by atoms with Gasteiger partial charge in [-0.15, -0.1) is 0 Å². The zero-order valence-electron chi connectivity index (χ0n) is 18.0. The molecule has 33 heavy (non-hydrogen) atoms. The highest BCUT2D eigenvalue weighted by atomic mass is 16.3. The first-order valence-electron chi connectivity index (χ1n) is 11.2. The second kappa shape index (κ2) is 7.57. The normalized spacial score (nSPS) is 14.8. The van der Waals surface area contributed by atoms with E-state index in [1.165, 1.54) is 0 Å². The smallest absolute Gasteiger partial charge is 0.201 e. The molecule has 3 aromatic carbocycles. The van der Waals surface area contributed by atoms with E-state index >= 15 is 0 Å². The molecule has 2 aromatic heterocycles. The maximum atomic E-state index is 13.9. The fraction of sp³-hybridized carbons (Fsp3) is 0.143. The van der Waals surface area contributed by atoms with E-state index in [0.717, 1.165) is 47.1 Å². The fourth-order valence-electron chi connectivity index (χ4n) is 4.71. The van der Waals surface area contributed by atoms with Crippen LogP contribution in [-0.2, 0) is 5.54 Å². The maximum Gasteiger partial charge on any atom is 0.201 e. The largest absolute Gasteiger partial charge is 0.454 e. The van der Waals surface area contributed by atoms with Crippen LogP contribution < -0.4 is 11.2 Å². The summed E-state index contributed by atoms with van der Waals surface area (Å²) in [5.41, 5.74) is 11.8. The van der Waals surface area contributed by atoms with Crippen molar-refractivity contribution >= 4 is 11.0 Å². The van der Waals surface area contributed by atoms with Crippen LogP contribution in [0.3, 0.4) is 0 Å². The Morgan fingerprint density at radius 1 is 0.879 bits per heavy atom. The van der Waals surface area contributed by atoms with E-state index in [0.29, 0.717) is 22.3 Å². The molecule has 2 heterocycles. The average Bonchev–Trinajstić information content (AvgIpc) is 3.38. The van der Waals surface area contributed by atoms with E-state index in [9.17, 15) is 4.79 Å². The molecule has 0 amide bonds. The summed E-state index contributed by atoms with van der Waals surface area (Å²) in [4.78, 5) is 13.9. The second-order valence-corrected chi connectivity index (χ2v) is 8.76. The number of hydrogen-bond acceptors (Lipinski definition) is 4. The molecule has 0 radical (unpaired) electrons. The quantitative estimate of drug-likeness (QED) is 0.372. The van der Waals surface area contributed by atoms with E-state index in [-0.39, 0.29) is 11.0 Å². The first-order valence-corrected chi connectivity index (χ1v) is 11.2. The molecule has 0 bridgehead atoms. The van der Waals surface area contributed by atoms with Gasteiger partial charge in [-0.3, -0.25) is 9.89 Å². The molecule has 3 N–H and O–H groups in total. The highest BCUT2D eigenvalue weighted by Crippen LogP contribution is 2.40. The lowest BCUT2D eigenvalue weighted by Gasteiger charge is -2.38. The van der Waals surface area contributed by atoms with Gasteiger partial charge in [0.25, 0.3) is 0 Å². The molecule has 1 aliphatic carbocycles. The van der Waals surface area contributed by atoms with Gasteiger partial charge in [0.15, 0.2) is 0 Å². The van der Waals surface area contributed by atoms with Gasteiger partial charge in [0.05, 0.1) is 17.1 Å². The van der Waals surface area contributed by atoms with Crippen LogP contribution in [0.25, 0.3) is 44.5 Å². The average molecular weight is 434 g/mol. The molecule has 6 rings (SSSR count). The van der Waals surface area contributed by atoms with Crippen molar-refractivity contribution in [2.75, 3.05) is 0 Å². The molecular weight excluding hydrogens is 410 g/mol. The molecule has 5 nitrogen and oxygen atoms in total. The fourth-order valence-corrected chi connectivity index (χ4v) is 4.71. The van der Waals surface area contributed by atoms with Crippen molar-refractivity contribution in [3.05, 3.63) is 101 Å². The number of aromatic amines is 1. The van der Waals surface area contributed by atoms with Gasteiger partial charge in [-0.05, 0) is 36.5 Å². The van der Waals surface area contributed by atoms with Crippen molar-refractivity contribution < 1.29 is 4.42 Å². The Kier molecular flexibility index (Phi) is 4.52. The van der Waals surface area contributed by atoms with Gasteiger partial charge in [-0.25, -0.2) is 0 Å². The van der Waals surface area contributed by atoms with Crippen LogP contribution in [0.1, 0.15) is 24.8 Å². The Morgan fingerprint density at radius 2 is 1.67 bits per heavy atom. The summed E-state index contributed by atoms with van der Waals surface area (Å²) in [7, 11) is 0. The van der Waals surface area contributed by atoms with Crippen LogP contribution in [0, 0.1) is 0 Å². The molecule has 1 saturated carbocycles. The minimum atomic E-state index is -0.242. The Balaban J connectivity index is 1.61. The summed E-state index contributed by atoms with van der Waals surface area (Å²) in [6.07, 6.45) is 6.68. The molecule has 0 spiro atoms. The monoisotopic (exact) mass is 433 g/mol. The predicted molar refractivity (Wildman–Crippen MR) is 131 cm³/mol.